The standard InChI is InChI=1S/C20H24F2N2O/c1-13-10-17(14(2)24(13)16-6-4-3-5-7-16)20(25)12-23-15-8-9-18(21)19(22)11-15/h8-11,16,23H,3-7,12H2,1-2H3. The summed E-state index contributed by atoms with van der Waals surface area (Å²) in [4.78, 5) is 12.6. The van der Waals surface area contributed by atoms with Gasteiger partial charge >= 0.3 is 0 Å². The second-order valence-electron chi connectivity index (χ2n) is 6.85. The van der Waals surface area contributed by atoms with Crippen LogP contribution in [-0.4, -0.2) is 16.9 Å². The highest BCUT2D eigenvalue weighted by atomic mass is 19.2. The first-order valence-electron chi connectivity index (χ1n) is 8.88. The smallest absolute Gasteiger partial charge is 0.183 e. The van der Waals surface area contributed by atoms with Gasteiger partial charge in [-0.1, -0.05) is 19.3 Å². The number of benzene rings is 1. The van der Waals surface area contributed by atoms with E-state index < -0.39 is 11.6 Å². The first kappa shape index (κ1) is 17.6. The highest BCUT2D eigenvalue weighted by molar-refractivity contribution is 6.00. The molecule has 3 rings (SSSR count). The Morgan fingerprint density at radius 1 is 1.12 bits per heavy atom. The zero-order chi connectivity index (χ0) is 18.0. The zero-order valence-corrected chi connectivity index (χ0v) is 14.7. The van der Waals surface area contributed by atoms with Crippen LogP contribution in [0.2, 0.25) is 0 Å². The van der Waals surface area contributed by atoms with Crippen LogP contribution in [0.25, 0.3) is 0 Å². The van der Waals surface area contributed by atoms with Crippen LogP contribution in [0, 0.1) is 25.5 Å². The Morgan fingerprint density at radius 3 is 2.52 bits per heavy atom. The van der Waals surface area contributed by atoms with E-state index in [9.17, 15) is 13.6 Å². The summed E-state index contributed by atoms with van der Waals surface area (Å²) in [5.41, 5.74) is 3.22. The average molecular weight is 346 g/mol. The number of ketones is 1. The van der Waals surface area contributed by atoms with E-state index in [4.69, 9.17) is 0 Å². The summed E-state index contributed by atoms with van der Waals surface area (Å²) in [6.07, 6.45) is 6.10. The van der Waals surface area contributed by atoms with Crippen LogP contribution in [-0.2, 0) is 0 Å². The largest absolute Gasteiger partial charge is 0.377 e. The number of nitrogens with zero attached hydrogens (tertiary/aromatic N) is 1. The Balaban J connectivity index is 1.72. The highest BCUT2D eigenvalue weighted by Gasteiger charge is 2.22. The Bertz CT molecular complexity index is 776. The van der Waals surface area contributed by atoms with Crippen LogP contribution in [0.15, 0.2) is 24.3 Å². The molecule has 25 heavy (non-hydrogen) atoms. The van der Waals surface area contributed by atoms with Crippen LogP contribution in [0.3, 0.4) is 0 Å². The molecule has 0 amide bonds. The SMILES string of the molecule is Cc1cc(C(=O)CNc2ccc(F)c(F)c2)c(C)n1C1CCCCC1. The minimum absolute atomic E-state index is 0.0418. The summed E-state index contributed by atoms with van der Waals surface area (Å²) >= 11 is 0. The molecule has 3 nitrogen and oxygen atoms in total. The van der Waals surface area contributed by atoms with Crippen molar-refractivity contribution in [1.82, 2.24) is 4.57 Å². The van der Waals surface area contributed by atoms with Crippen LogP contribution >= 0.6 is 0 Å². The third-order valence-corrected chi connectivity index (χ3v) is 5.10. The van der Waals surface area contributed by atoms with E-state index in [-0.39, 0.29) is 12.3 Å². The van der Waals surface area contributed by atoms with Crippen molar-refractivity contribution >= 4 is 11.5 Å². The van der Waals surface area contributed by atoms with Crippen LogP contribution < -0.4 is 5.32 Å². The maximum atomic E-state index is 13.2. The first-order chi connectivity index (χ1) is 12.0. The molecule has 0 spiro atoms. The lowest BCUT2D eigenvalue weighted by Crippen LogP contribution is -2.18. The first-order valence-corrected chi connectivity index (χ1v) is 8.88. The Labute approximate surface area is 147 Å². The molecule has 1 aromatic carbocycles. The number of aromatic nitrogens is 1. The van der Waals surface area contributed by atoms with E-state index in [0.29, 0.717) is 17.3 Å². The van der Waals surface area contributed by atoms with Crippen LogP contribution in [0.1, 0.15) is 59.9 Å². The van der Waals surface area contributed by atoms with Gasteiger partial charge in [0.2, 0.25) is 0 Å². The molecule has 0 atom stereocenters. The van der Waals surface area contributed by atoms with E-state index >= 15 is 0 Å². The third-order valence-electron chi connectivity index (χ3n) is 5.10. The van der Waals surface area contributed by atoms with E-state index in [2.05, 4.69) is 9.88 Å². The molecule has 1 aromatic heterocycles. The van der Waals surface area contributed by atoms with E-state index in [1.165, 1.54) is 25.3 Å². The normalized spacial score (nSPS) is 15.4. The summed E-state index contributed by atoms with van der Waals surface area (Å²) in [5, 5.41) is 2.88. The fourth-order valence-electron chi connectivity index (χ4n) is 3.84. The van der Waals surface area contributed by atoms with Gasteiger partial charge in [0.25, 0.3) is 0 Å². The molecule has 5 heteroatoms. The Kier molecular flexibility index (Phi) is 5.21. The second-order valence-corrected chi connectivity index (χ2v) is 6.85. The van der Waals surface area contributed by atoms with Crippen molar-refractivity contribution in [3.63, 3.8) is 0 Å². The number of carbonyl (C=O) groups is 1. The molecule has 1 fully saturated rings. The van der Waals surface area contributed by atoms with Gasteiger partial charge in [0.1, 0.15) is 0 Å². The molecule has 1 saturated carbocycles. The molecule has 134 valence electrons. The van der Waals surface area contributed by atoms with Gasteiger partial charge in [0.15, 0.2) is 17.4 Å². The van der Waals surface area contributed by atoms with Crippen molar-refractivity contribution in [2.45, 2.75) is 52.0 Å². The van der Waals surface area contributed by atoms with Gasteiger partial charge in [-0.2, -0.15) is 0 Å². The maximum absolute atomic E-state index is 13.2. The lowest BCUT2D eigenvalue weighted by Gasteiger charge is -2.26. The number of hydrogen-bond acceptors (Lipinski definition) is 2. The van der Waals surface area contributed by atoms with Crippen molar-refractivity contribution in [3.05, 3.63) is 52.9 Å². The number of aryl methyl sites for hydroxylation is 1. The lowest BCUT2D eigenvalue weighted by atomic mass is 9.95. The molecule has 1 aliphatic carbocycles. The number of nitrogens with one attached hydrogen (secondary N) is 1. The summed E-state index contributed by atoms with van der Waals surface area (Å²) in [5.74, 6) is -1.86. The maximum Gasteiger partial charge on any atom is 0.183 e. The number of carbonyl (C=O) groups excluding carboxylic acids is 1. The third kappa shape index (κ3) is 3.75. The second kappa shape index (κ2) is 7.38. The van der Waals surface area contributed by atoms with Gasteiger partial charge in [0, 0.05) is 34.7 Å². The Hall–Kier alpha value is -2.17. The fourth-order valence-corrected chi connectivity index (χ4v) is 3.84. The van der Waals surface area contributed by atoms with Gasteiger partial charge in [-0.05, 0) is 44.9 Å². The Morgan fingerprint density at radius 2 is 1.84 bits per heavy atom. The minimum Gasteiger partial charge on any atom is -0.377 e. The highest BCUT2D eigenvalue weighted by Crippen LogP contribution is 2.32. The molecule has 0 radical (unpaired) electrons. The van der Waals surface area contributed by atoms with Gasteiger partial charge < -0.3 is 9.88 Å². The van der Waals surface area contributed by atoms with Crippen LogP contribution in [0.5, 0.6) is 0 Å². The molecular formula is C20H24F2N2O. The number of halogens is 2. The summed E-state index contributed by atoms with van der Waals surface area (Å²) in [6, 6.07) is 5.97. The monoisotopic (exact) mass is 346 g/mol. The van der Waals surface area contributed by atoms with E-state index in [1.54, 1.807) is 0 Å². The lowest BCUT2D eigenvalue weighted by molar-refractivity contribution is 0.100. The van der Waals surface area contributed by atoms with Crippen molar-refractivity contribution in [1.29, 1.82) is 0 Å². The summed E-state index contributed by atoms with van der Waals surface area (Å²) in [7, 11) is 0. The zero-order valence-electron chi connectivity index (χ0n) is 14.7. The van der Waals surface area contributed by atoms with Crippen molar-refractivity contribution in [2.75, 3.05) is 11.9 Å². The molecule has 2 aromatic rings. The number of anilines is 1. The molecule has 1 heterocycles. The predicted molar refractivity (Wildman–Crippen MR) is 95.2 cm³/mol. The van der Waals surface area contributed by atoms with Gasteiger partial charge in [-0.15, -0.1) is 0 Å². The molecular weight excluding hydrogens is 322 g/mol. The molecule has 0 unspecified atom stereocenters. The van der Waals surface area contributed by atoms with Crippen molar-refractivity contribution in [2.24, 2.45) is 0 Å². The number of hydrogen-bond donors (Lipinski definition) is 1. The predicted octanol–water partition coefficient (Wildman–Crippen LogP) is 5.18. The fraction of sp³-hybridized carbons (Fsp3) is 0.450. The van der Waals surface area contributed by atoms with Crippen molar-refractivity contribution in [3.8, 4) is 0 Å². The number of Topliss-reactive ketones (excluding diaryl/α,β-unsaturated/α-hetero) is 1. The van der Waals surface area contributed by atoms with Crippen LogP contribution in [0.4, 0.5) is 14.5 Å². The van der Waals surface area contributed by atoms with Gasteiger partial charge in [0.05, 0.1) is 6.54 Å². The molecule has 0 bridgehead atoms. The quantitative estimate of drug-likeness (QED) is 0.757. The average Bonchev–Trinajstić information content (AvgIpc) is 2.91. The minimum atomic E-state index is -0.923. The van der Waals surface area contributed by atoms with E-state index in [0.717, 1.165) is 36.4 Å². The summed E-state index contributed by atoms with van der Waals surface area (Å²) in [6.45, 7) is 4.09. The number of rotatable bonds is 5. The van der Waals surface area contributed by atoms with Gasteiger partial charge in [-0.3, -0.25) is 4.79 Å². The molecule has 0 saturated heterocycles. The molecule has 0 aliphatic heterocycles. The molecule has 1 N–H and O–H groups in total. The van der Waals surface area contributed by atoms with E-state index in [1.807, 2.05) is 19.9 Å². The van der Waals surface area contributed by atoms with Gasteiger partial charge in [-0.25, -0.2) is 8.78 Å². The topological polar surface area (TPSA) is 34.0 Å². The molecule has 1 aliphatic rings. The van der Waals surface area contributed by atoms with Crippen molar-refractivity contribution < 1.29 is 13.6 Å². The summed E-state index contributed by atoms with van der Waals surface area (Å²) < 4.78 is 28.5.